The molecule has 32 heavy (non-hydrogen) atoms. The van der Waals surface area contributed by atoms with Crippen LogP contribution in [0, 0.1) is 13.8 Å². The number of hydrogen-bond acceptors (Lipinski definition) is 2. The lowest BCUT2D eigenvalue weighted by molar-refractivity contribution is -0.652. The average Bonchev–Trinajstić information content (AvgIpc) is 3.45. The number of rotatable bonds is 1. The second-order valence-corrected chi connectivity index (χ2v) is 8.65. The van der Waals surface area contributed by atoms with Crippen molar-refractivity contribution < 1.29 is 13.4 Å². The minimum atomic E-state index is 0.582. The van der Waals surface area contributed by atoms with Gasteiger partial charge in [0.2, 0.25) is 0 Å². The first-order valence-electron chi connectivity index (χ1n) is 10.8. The maximum absolute atomic E-state index is 5.96. The van der Waals surface area contributed by atoms with Crippen LogP contribution in [0.5, 0.6) is 0 Å². The fourth-order valence-corrected chi connectivity index (χ4v) is 5.14. The fourth-order valence-electron chi connectivity index (χ4n) is 5.14. The van der Waals surface area contributed by atoms with Crippen molar-refractivity contribution in [2.24, 2.45) is 7.05 Å². The largest absolute Gasteiger partial charge is 0.433 e. The zero-order chi connectivity index (χ0) is 21.6. The topological polar surface area (TPSA) is 35.1 Å². The van der Waals surface area contributed by atoms with Crippen LogP contribution in [0.4, 0.5) is 0 Å². The summed E-state index contributed by atoms with van der Waals surface area (Å²) >= 11 is 0. The summed E-state index contributed by atoms with van der Waals surface area (Å²) in [5.41, 5.74) is 5.77. The van der Waals surface area contributed by atoms with Crippen molar-refractivity contribution in [1.29, 1.82) is 0 Å². The first-order valence-corrected chi connectivity index (χ1v) is 10.8. The van der Waals surface area contributed by atoms with Crippen molar-refractivity contribution in [2.45, 2.75) is 13.8 Å². The van der Waals surface area contributed by atoms with Crippen molar-refractivity contribution in [1.82, 2.24) is 4.57 Å². The standard InChI is InChI=1S/C28H21N2O2/c1-16-6-4-5-7-24(16)30-17(2)29(3)25-9-8-18-12-19-14-23-21-10-11-31-28(21)32-26(23)15-20(19)13-22(18)27(25)30/h4-15H,1-3H3/q+1. The van der Waals surface area contributed by atoms with Crippen LogP contribution < -0.4 is 4.57 Å². The Morgan fingerprint density at radius 3 is 2.47 bits per heavy atom. The highest BCUT2D eigenvalue weighted by Gasteiger charge is 2.24. The van der Waals surface area contributed by atoms with E-state index in [2.05, 4.69) is 90.7 Å². The van der Waals surface area contributed by atoms with Crippen LogP contribution in [-0.2, 0) is 7.05 Å². The number of furan rings is 2. The zero-order valence-electron chi connectivity index (χ0n) is 18.1. The van der Waals surface area contributed by atoms with E-state index in [0.717, 1.165) is 21.7 Å². The van der Waals surface area contributed by atoms with Crippen LogP contribution in [0.2, 0.25) is 0 Å². The van der Waals surface area contributed by atoms with E-state index >= 15 is 0 Å². The number of fused-ring (bicyclic) bond motifs is 7. The van der Waals surface area contributed by atoms with Crippen molar-refractivity contribution in [3.8, 4) is 5.69 Å². The summed E-state index contributed by atoms with van der Waals surface area (Å²) in [5.74, 6) is 1.78. The molecule has 0 aliphatic heterocycles. The molecular weight excluding hydrogens is 396 g/mol. The maximum Gasteiger partial charge on any atom is 0.298 e. The van der Waals surface area contributed by atoms with E-state index in [4.69, 9.17) is 8.83 Å². The first kappa shape index (κ1) is 17.6. The van der Waals surface area contributed by atoms with Crippen LogP contribution in [0.1, 0.15) is 11.4 Å². The van der Waals surface area contributed by atoms with Gasteiger partial charge in [-0.1, -0.05) is 18.2 Å². The number of para-hydroxylation sites is 1. The maximum atomic E-state index is 5.96. The van der Waals surface area contributed by atoms with E-state index < -0.39 is 0 Å². The van der Waals surface area contributed by atoms with E-state index in [-0.39, 0.29) is 0 Å². The zero-order valence-corrected chi connectivity index (χ0v) is 18.1. The molecule has 7 aromatic rings. The SMILES string of the molecule is Cc1ccccc1-n1c(C)[n+](C)c2ccc3cc4cc5c(cc4cc3c21)oc1occc15. The van der Waals surface area contributed by atoms with Crippen molar-refractivity contribution >= 4 is 54.7 Å². The van der Waals surface area contributed by atoms with Gasteiger partial charge in [0.25, 0.3) is 11.6 Å². The summed E-state index contributed by atoms with van der Waals surface area (Å²) in [5, 5.41) is 6.93. The molecule has 0 bridgehead atoms. The van der Waals surface area contributed by atoms with Gasteiger partial charge < -0.3 is 8.83 Å². The Hall–Kier alpha value is -4.05. The molecule has 4 heteroatoms. The molecule has 0 radical (unpaired) electrons. The Morgan fingerprint density at radius 2 is 1.59 bits per heavy atom. The molecule has 4 nitrogen and oxygen atoms in total. The van der Waals surface area contributed by atoms with Gasteiger partial charge in [0.15, 0.2) is 11.0 Å². The molecule has 0 aliphatic rings. The van der Waals surface area contributed by atoms with E-state index in [1.54, 1.807) is 6.26 Å². The Bertz CT molecular complexity index is 1860. The van der Waals surface area contributed by atoms with E-state index in [0.29, 0.717) is 5.78 Å². The summed E-state index contributed by atoms with van der Waals surface area (Å²) in [6.07, 6.45) is 1.68. The van der Waals surface area contributed by atoms with Crippen molar-refractivity contribution in [3.05, 3.63) is 84.4 Å². The second kappa shape index (κ2) is 6.01. The lowest BCUT2D eigenvalue weighted by Crippen LogP contribution is -2.30. The monoisotopic (exact) mass is 417 g/mol. The van der Waals surface area contributed by atoms with Crippen molar-refractivity contribution in [3.63, 3.8) is 0 Å². The summed E-state index contributed by atoms with van der Waals surface area (Å²) in [4.78, 5) is 0. The molecule has 0 spiro atoms. The number of hydrogen-bond donors (Lipinski definition) is 0. The minimum Gasteiger partial charge on any atom is -0.433 e. The van der Waals surface area contributed by atoms with Crippen molar-refractivity contribution in [2.75, 3.05) is 0 Å². The molecule has 0 unspecified atom stereocenters. The Morgan fingerprint density at radius 1 is 0.781 bits per heavy atom. The van der Waals surface area contributed by atoms with Gasteiger partial charge in [-0.05, 0) is 77.2 Å². The third-order valence-corrected chi connectivity index (χ3v) is 6.90. The minimum absolute atomic E-state index is 0.582. The summed E-state index contributed by atoms with van der Waals surface area (Å²) in [6.45, 7) is 4.35. The number of nitrogens with zero attached hydrogens (tertiary/aromatic N) is 2. The second-order valence-electron chi connectivity index (χ2n) is 8.65. The predicted octanol–water partition coefficient (Wildman–Crippen LogP) is 6.87. The third-order valence-electron chi connectivity index (χ3n) is 6.90. The number of imidazole rings is 1. The molecule has 3 aromatic heterocycles. The Labute approximate surface area is 183 Å². The van der Waals surface area contributed by atoms with Gasteiger partial charge in [-0.2, -0.15) is 4.57 Å². The molecule has 0 amide bonds. The molecule has 3 heterocycles. The molecule has 0 atom stereocenters. The van der Waals surface area contributed by atoms with Gasteiger partial charge in [-0.25, -0.2) is 4.57 Å². The molecule has 0 aliphatic carbocycles. The van der Waals surface area contributed by atoms with E-state index in [1.165, 1.54) is 44.3 Å². The lowest BCUT2D eigenvalue weighted by Gasteiger charge is -2.07. The van der Waals surface area contributed by atoms with Gasteiger partial charge in [-0.15, -0.1) is 0 Å². The fraction of sp³-hybridized carbons (Fsp3) is 0.107. The van der Waals surface area contributed by atoms with Crippen LogP contribution >= 0.6 is 0 Å². The normalized spacial score (nSPS) is 12.2. The molecule has 0 saturated heterocycles. The smallest absolute Gasteiger partial charge is 0.298 e. The average molecular weight is 417 g/mol. The highest BCUT2D eigenvalue weighted by atomic mass is 16.5. The number of benzene rings is 4. The molecule has 0 N–H and O–H groups in total. The summed E-state index contributed by atoms with van der Waals surface area (Å²) in [6, 6.07) is 23.9. The molecule has 154 valence electrons. The summed E-state index contributed by atoms with van der Waals surface area (Å²) in [7, 11) is 2.14. The third kappa shape index (κ3) is 2.19. The Kier molecular flexibility index (Phi) is 3.31. The van der Waals surface area contributed by atoms with Gasteiger partial charge in [0, 0.05) is 17.7 Å². The number of aromatic nitrogens is 2. The predicted molar refractivity (Wildman–Crippen MR) is 128 cm³/mol. The molecule has 7 rings (SSSR count). The van der Waals surface area contributed by atoms with E-state index in [9.17, 15) is 0 Å². The van der Waals surface area contributed by atoms with Crippen LogP contribution in [0.25, 0.3) is 60.4 Å². The van der Waals surface area contributed by atoms with Crippen LogP contribution in [0.15, 0.2) is 81.8 Å². The molecule has 0 fully saturated rings. The van der Waals surface area contributed by atoms with Gasteiger partial charge in [-0.3, -0.25) is 0 Å². The molecule has 0 saturated carbocycles. The van der Waals surface area contributed by atoms with Gasteiger partial charge in [0.05, 0.1) is 18.7 Å². The molecule has 4 aromatic carbocycles. The summed E-state index contributed by atoms with van der Waals surface area (Å²) < 4.78 is 16.1. The highest BCUT2D eigenvalue weighted by Crippen LogP contribution is 2.36. The Balaban J connectivity index is 1.64. The first-order chi connectivity index (χ1) is 15.6. The highest BCUT2D eigenvalue weighted by molar-refractivity contribution is 6.14. The van der Waals surface area contributed by atoms with Gasteiger partial charge in [0.1, 0.15) is 11.3 Å². The molecular formula is C28H21N2O2+. The van der Waals surface area contributed by atoms with Gasteiger partial charge >= 0.3 is 0 Å². The lowest BCUT2D eigenvalue weighted by atomic mass is 10.0. The number of aryl methyl sites for hydroxylation is 2. The van der Waals surface area contributed by atoms with E-state index in [1.807, 2.05) is 6.07 Å². The van der Waals surface area contributed by atoms with Crippen LogP contribution in [-0.4, -0.2) is 4.57 Å². The quantitative estimate of drug-likeness (QED) is 0.216. The van der Waals surface area contributed by atoms with Crippen LogP contribution in [0.3, 0.4) is 0 Å².